The minimum absolute atomic E-state index is 0.571. The molecule has 2 heterocycles. The largest absolute Gasteiger partial charge is 0.487 e. The molecule has 0 saturated carbocycles. The second kappa shape index (κ2) is 7.71. The molecule has 0 amide bonds. The van der Waals surface area contributed by atoms with Crippen LogP contribution in [0.4, 0.5) is 0 Å². The first kappa shape index (κ1) is 16.8. The van der Waals surface area contributed by atoms with E-state index >= 15 is 0 Å². The van der Waals surface area contributed by atoms with Gasteiger partial charge >= 0.3 is 0 Å². The third kappa shape index (κ3) is 4.30. The van der Waals surface area contributed by atoms with E-state index in [2.05, 4.69) is 22.9 Å². The third-order valence-electron chi connectivity index (χ3n) is 4.39. The van der Waals surface area contributed by atoms with Gasteiger partial charge in [-0.25, -0.2) is 0 Å². The number of ether oxygens (including phenoxy) is 1. The van der Waals surface area contributed by atoms with Crippen molar-refractivity contribution in [3.8, 4) is 5.75 Å². The molecule has 0 unspecified atom stereocenters. The molecule has 0 spiro atoms. The van der Waals surface area contributed by atoms with Crippen molar-refractivity contribution < 1.29 is 4.74 Å². The topological polar surface area (TPSA) is 24.5 Å². The Bertz CT molecular complexity index is 607. The smallest absolute Gasteiger partial charge is 0.145 e. The zero-order valence-corrected chi connectivity index (χ0v) is 14.7. The normalized spacial score (nSPS) is 19.0. The van der Waals surface area contributed by atoms with Crippen LogP contribution in [0.3, 0.4) is 0 Å². The Kier molecular flexibility index (Phi) is 5.65. The Labute approximate surface area is 147 Å². The molecule has 0 aromatic heterocycles. The van der Waals surface area contributed by atoms with Crippen molar-refractivity contribution in [2.45, 2.75) is 18.9 Å². The molecule has 5 heteroatoms. The van der Waals surface area contributed by atoms with Crippen LogP contribution in [-0.4, -0.2) is 43.7 Å². The van der Waals surface area contributed by atoms with Crippen molar-refractivity contribution in [1.82, 2.24) is 10.2 Å². The minimum Gasteiger partial charge on any atom is -0.487 e. The molecule has 1 aromatic rings. The molecule has 2 aliphatic rings. The van der Waals surface area contributed by atoms with Crippen molar-refractivity contribution in [1.29, 1.82) is 0 Å². The SMILES string of the molecule is C=CCN1CCC(NCC2=Cc3cc(Cl)cc(Cl)c3OC2)CC1. The summed E-state index contributed by atoms with van der Waals surface area (Å²) in [5.74, 6) is 0.734. The van der Waals surface area contributed by atoms with E-state index in [9.17, 15) is 0 Å². The number of halogens is 2. The fourth-order valence-corrected chi connectivity index (χ4v) is 3.71. The van der Waals surface area contributed by atoms with Gasteiger partial charge in [0.05, 0.1) is 5.02 Å². The van der Waals surface area contributed by atoms with Crippen LogP contribution in [0.5, 0.6) is 5.75 Å². The highest BCUT2D eigenvalue weighted by molar-refractivity contribution is 6.36. The third-order valence-corrected chi connectivity index (χ3v) is 4.89. The fraction of sp³-hybridized carbons (Fsp3) is 0.444. The second-order valence-electron chi connectivity index (χ2n) is 6.14. The second-order valence-corrected chi connectivity index (χ2v) is 6.99. The Morgan fingerprint density at radius 2 is 2.09 bits per heavy atom. The van der Waals surface area contributed by atoms with E-state index in [1.807, 2.05) is 12.1 Å². The molecule has 124 valence electrons. The fourth-order valence-electron chi connectivity index (χ4n) is 3.15. The van der Waals surface area contributed by atoms with Gasteiger partial charge in [0.25, 0.3) is 0 Å². The molecule has 0 atom stereocenters. The van der Waals surface area contributed by atoms with Crippen LogP contribution in [-0.2, 0) is 0 Å². The number of nitrogens with zero attached hydrogens (tertiary/aromatic N) is 1. The van der Waals surface area contributed by atoms with Gasteiger partial charge < -0.3 is 10.1 Å². The summed E-state index contributed by atoms with van der Waals surface area (Å²) in [6, 6.07) is 4.19. The van der Waals surface area contributed by atoms with Crippen molar-refractivity contribution in [3.63, 3.8) is 0 Å². The summed E-state index contributed by atoms with van der Waals surface area (Å²) in [4.78, 5) is 2.44. The molecule has 2 aliphatic heterocycles. The van der Waals surface area contributed by atoms with E-state index in [1.54, 1.807) is 6.07 Å². The van der Waals surface area contributed by atoms with Gasteiger partial charge in [-0.2, -0.15) is 0 Å². The monoisotopic (exact) mass is 352 g/mol. The highest BCUT2D eigenvalue weighted by Gasteiger charge is 2.20. The Morgan fingerprint density at radius 1 is 1.30 bits per heavy atom. The average Bonchev–Trinajstić information content (AvgIpc) is 2.54. The highest BCUT2D eigenvalue weighted by Crippen LogP contribution is 2.36. The van der Waals surface area contributed by atoms with Gasteiger partial charge in [0, 0.05) is 29.7 Å². The number of benzene rings is 1. The first-order chi connectivity index (χ1) is 11.2. The molecule has 0 aliphatic carbocycles. The van der Waals surface area contributed by atoms with Crippen LogP contribution < -0.4 is 10.1 Å². The zero-order chi connectivity index (χ0) is 16.2. The van der Waals surface area contributed by atoms with E-state index in [-0.39, 0.29) is 0 Å². The minimum atomic E-state index is 0.571. The quantitative estimate of drug-likeness (QED) is 0.810. The summed E-state index contributed by atoms with van der Waals surface area (Å²) in [6.45, 7) is 8.48. The standard InChI is InChI=1S/C18H22Cl2N2O/c1-2-5-22-6-3-16(4-7-22)21-11-13-8-14-9-15(19)10-17(20)18(14)23-12-13/h2,8-10,16,21H,1,3-7,11-12H2. The predicted molar refractivity (Wildman–Crippen MR) is 97.6 cm³/mol. The first-order valence-electron chi connectivity index (χ1n) is 8.03. The Hall–Kier alpha value is -1.00. The Morgan fingerprint density at radius 3 is 2.83 bits per heavy atom. The summed E-state index contributed by atoms with van der Waals surface area (Å²) in [7, 11) is 0. The van der Waals surface area contributed by atoms with Gasteiger partial charge in [0.1, 0.15) is 12.4 Å². The number of rotatable bonds is 5. The van der Waals surface area contributed by atoms with E-state index in [0.717, 1.165) is 37.5 Å². The van der Waals surface area contributed by atoms with E-state index in [1.165, 1.54) is 18.4 Å². The van der Waals surface area contributed by atoms with Crippen molar-refractivity contribution in [3.05, 3.63) is 46.0 Å². The summed E-state index contributed by atoms with van der Waals surface area (Å²) in [5, 5.41) is 4.86. The van der Waals surface area contributed by atoms with Crippen LogP contribution in [0.25, 0.3) is 6.08 Å². The molecule has 1 fully saturated rings. The van der Waals surface area contributed by atoms with Gasteiger partial charge in [0.15, 0.2) is 0 Å². The lowest BCUT2D eigenvalue weighted by Gasteiger charge is -2.32. The zero-order valence-electron chi connectivity index (χ0n) is 13.2. The van der Waals surface area contributed by atoms with E-state index < -0.39 is 0 Å². The number of piperidine rings is 1. The van der Waals surface area contributed by atoms with E-state index in [0.29, 0.717) is 22.7 Å². The van der Waals surface area contributed by atoms with Crippen molar-refractivity contribution in [2.24, 2.45) is 0 Å². The summed E-state index contributed by atoms with van der Waals surface area (Å²) in [6.07, 6.45) is 6.47. The molecule has 23 heavy (non-hydrogen) atoms. The predicted octanol–water partition coefficient (Wildman–Crippen LogP) is 4.01. The van der Waals surface area contributed by atoms with Gasteiger partial charge in [0.2, 0.25) is 0 Å². The van der Waals surface area contributed by atoms with Gasteiger partial charge in [-0.1, -0.05) is 29.3 Å². The maximum atomic E-state index is 6.17. The van der Waals surface area contributed by atoms with Crippen LogP contribution in [0, 0.1) is 0 Å². The summed E-state index contributed by atoms with van der Waals surface area (Å²) >= 11 is 12.2. The number of fused-ring (bicyclic) bond motifs is 1. The molecule has 3 nitrogen and oxygen atoms in total. The molecule has 1 saturated heterocycles. The maximum absolute atomic E-state index is 6.17. The lowest BCUT2D eigenvalue weighted by atomic mass is 10.0. The lowest BCUT2D eigenvalue weighted by molar-refractivity contribution is 0.216. The van der Waals surface area contributed by atoms with Gasteiger partial charge in [-0.3, -0.25) is 4.90 Å². The molecule has 1 N–H and O–H groups in total. The van der Waals surface area contributed by atoms with Crippen LogP contribution in [0.15, 0.2) is 30.4 Å². The lowest BCUT2D eigenvalue weighted by Crippen LogP contribution is -2.43. The van der Waals surface area contributed by atoms with Gasteiger partial charge in [-0.15, -0.1) is 6.58 Å². The summed E-state index contributed by atoms with van der Waals surface area (Å²) < 4.78 is 5.79. The maximum Gasteiger partial charge on any atom is 0.145 e. The van der Waals surface area contributed by atoms with Gasteiger partial charge in [-0.05, 0) is 49.7 Å². The van der Waals surface area contributed by atoms with Crippen molar-refractivity contribution in [2.75, 3.05) is 32.8 Å². The van der Waals surface area contributed by atoms with Crippen LogP contribution >= 0.6 is 23.2 Å². The molecule has 0 bridgehead atoms. The van der Waals surface area contributed by atoms with E-state index in [4.69, 9.17) is 27.9 Å². The number of hydrogen-bond donors (Lipinski definition) is 1. The molecule has 0 radical (unpaired) electrons. The highest BCUT2D eigenvalue weighted by atomic mass is 35.5. The molecular formula is C18H22Cl2N2O. The average molecular weight is 353 g/mol. The first-order valence-corrected chi connectivity index (χ1v) is 8.79. The Balaban J connectivity index is 1.55. The number of nitrogens with one attached hydrogen (secondary N) is 1. The summed E-state index contributed by atoms with van der Waals surface area (Å²) in [5.41, 5.74) is 2.19. The molecule has 1 aromatic carbocycles. The molecular weight excluding hydrogens is 331 g/mol. The van der Waals surface area contributed by atoms with Crippen molar-refractivity contribution >= 4 is 29.3 Å². The number of likely N-dealkylation sites (tertiary alicyclic amines) is 1. The molecule has 3 rings (SSSR count). The van der Waals surface area contributed by atoms with Crippen LogP contribution in [0.1, 0.15) is 18.4 Å². The number of hydrogen-bond acceptors (Lipinski definition) is 3. The van der Waals surface area contributed by atoms with Crippen LogP contribution in [0.2, 0.25) is 10.0 Å².